The van der Waals surface area contributed by atoms with E-state index >= 15 is 0 Å². The van der Waals surface area contributed by atoms with E-state index in [0.717, 1.165) is 11.1 Å². The van der Waals surface area contributed by atoms with E-state index in [2.05, 4.69) is 0 Å². The predicted molar refractivity (Wildman–Crippen MR) is 152 cm³/mol. The second kappa shape index (κ2) is 12.2. The molecule has 3 aromatic carbocycles. The van der Waals surface area contributed by atoms with Crippen molar-refractivity contribution in [2.45, 2.75) is 39.8 Å². The van der Waals surface area contributed by atoms with Crippen molar-refractivity contribution < 1.29 is 4.79 Å². The summed E-state index contributed by atoms with van der Waals surface area (Å²) in [6.45, 7) is 7.29. The molecular formula is C30H34ClN5O2. The molecule has 0 aliphatic rings. The van der Waals surface area contributed by atoms with Crippen molar-refractivity contribution in [3.05, 3.63) is 117 Å². The highest BCUT2D eigenvalue weighted by molar-refractivity contribution is 6.30. The fraction of sp³-hybridized carbons (Fsp3) is 0.300. The van der Waals surface area contributed by atoms with Gasteiger partial charge in [-0.2, -0.15) is 4.68 Å². The van der Waals surface area contributed by atoms with Crippen LogP contribution >= 0.6 is 11.6 Å². The molecule has 0 aliphatic carbocycles. The maximum atomic E-state index is 13.9. The van der Waals surface area contributed by atoms with E-state index < -0.39 is 6.04 Å². The van der Waals surface area contributed by atoms with Gasteiger partial charge in [0.15, 0.2) is 5.82 Å². The first kappa shape index (κ1) is 27.4. The Morgan fingerprint density at radius 1 is 1.00 bits per heavy atom. The fourth-order valence-electron chi connectivity index (χ4n) is 4.58. The van der Waals surface area contributed by atoms with Gasteiger partial charge in [-0.1, -0.05) is 73.5 Å². The maximum absolute atomic E-state index is 13.9. The molecular weight excluding hydrogens is 498 g/mol. The zero-order valence-corrected chi connectivity index (χ0v) is 22.8. The maximum Gasteiger partial charge on any atom is 0.351 e. The third-order valence-corrected chi connectivity index (χ3v) is 6.79. The molecule has 0 spiro atoms. The SMILES string of the molecule is Cc1ccc(C(=O)N(CCCN)C(c2nn(-c3ccc(Cl)cc3)c(=O)n2Cc2ccccc2)C(C)C)cc1. The molecule has 4 rings (SSSR count). The average molecular weight is 532 g/mol. The summed E-state index contributed by atoms with van der Waals surface area (Å²) >= 11 is 6.10. The largest absolute Gasteiger partial charge is 0.351 e. The van der Waals surface area contributed by atoms with Gasteiger partial charge in [0.2, 0.25) is 0 Å². The zero-order valence-electron chi connectivity index (χ0n) is 22.0. The minimum Gasteiger partial charge on any atom is -0.330 e. The van der Waals surface area contributed by atoms with E-state index in [1.54, 1.807) is 28.8 Å². The molecule has 1 unspecified atom stereocenters. The number of amides is 1. The summed E-state index contributed by atoms with van der Waals surface area (Å²) in [6.07, 6.45) is 0.627. The molecule has 7 nitrogen and oxygen atoms in total. The number of benzene rings is 3. The van der Waals surface area contributed by atoms with E-state index in [9.17, 15) is 9.59 Å². The Morgan fingerprint density at radius 3 is 2.26 bits per heavy atom. The van der Waals surface area contributed by atoms with Crippen LogP contribution in [-0.4, -0.2) is 38.2 Å². The Morgan fingerprint density at radius 2 is 1.66 bits per heavy atom. The summed E-state index contributed by atoms with van der Waals surface area (Å²) in [5, 5.41) is 5.42. The van der Waals surface area contributed by atoms with Gasteiger partial charge in [0.1, 0.15) is 0 Å². The topological polar surface area (TPSA) is 86.2 Å². The van der Waals surface area contributed by atoms with Gasteiger partial charge in [0.05, 0.1) is 18.3 Å². The van der Waals surface area contributed by atoms with Crippen molar-refractivity contribution in [2.24, 2.45) is 11.7 Å². The van der Waals surface area contributed by atoms with Crippen molar-refractivity contribution in [2.75, 3.05) is 13.1 Å². The lowest BCUT2D eigenvalue weighted by Gasteiger charge is -2.34. The number of nitrogens with two attached hydrogens (primary N) is 1. The highest BCUT2D eigenvalue weighted by atomic mass is 35.5. The van der Waals surface area contributed by atoms with Crippen LogP contribution in [0.15, 0.2) is 83.7 Å². The molecule has 0 saturated heterocycles. The first-order valence-corrected chi connectivity index (χ1v) is 13.2. The molecule has 0 fully saturated rings. The van der Waals surface area contributed by atoms with Crippen molar-refractivity contribution in [1.29, 1.82) is 0 Å². The van der Waals surface area contributed by atoms with Crippen molar-refractivity contribution in [1.82, 2.24) is 19.2 Å². The van der Waals surface area contributed by atoms with Gasteiger partial charge < -0.3 is 10.6 Å². The third-order valence-electron chi connectivity index (χ3n) is 6.54. The van der Waals surface area contributed by atoms with Crippen LogP contribution in [0.5, 0.6) is 0 Å². The van der Waals surface area contributed by atoms with Crippen molar-refractivity contribution in [3.8, 4) is 5.69 Å². The average Bonchev–Trinajstić information content (AvgIpc) is 3.22. The van der Waals surface area contributed by atoms with Gasteiger partial charge in [-0.25, -0.2) is 4.79 Å². The smallest absolute Gasteiger partial charge is 0.330 e. The Hall–Kier alpha value is -3.68. The van der Waals surface area contributed by atoms with E-state index in [0.29, 0.717) is 48.2 Å². The highest BCUT2D eigenvalue weighted by Crippen LogP contribution is 2.30. The van der Waals surface area contributed by atoms with Crippen molar-refractivity contribution >= 4 is 17.5 Å². The predicted octanol–water partition coefficient (Wildman–Crippen LogP) is 5.23. The summed E-state index contributed by atoms with van der Waals surface area (Å²) in [5.74, 6) is 0.385. The Balaban J connectivity index is 1.87. The van der Waals surface area contributed by atoms with Crippen LogP contribution in [0.2, 0.25) is 5.02 Å². The molecule has 0 saturated carbocycles. The molecule has 1 amide bonds. The van der Waals surface area contributed by atoms with E-state index in [-0.39, 0.29) is 17.5 Å². The molecule has 0 bridgehead atoms. The van der Waals surface area contributed by atoms with Gasteiger partial charge in [-0.15, -0.1) is 5.10 Å². The minimum absolute atomic E-state index is 0.0304. The molecule has 198 valence electrons. The number of hydrogen-bond donors (Lipinski definition) is 1. The van der Waals surface area contributed by atoms with Gasteiger partial charge in [0, 0.05) is 17.1 Å². The number of aromatic nitrogens is 3. The molecule has 1 heterocycles. The molecule has 1 aromatic heterocycles. The summed E-state index contributed by atoms with van der Waals surface area (Å²) in [4.78, 5) is 29.5. The summed E-state index contributed by atoms with van der Waals surface area (Å²) in [7, 11) is 0. The first-order valence-electron chi connectivity index (χ1n) is 12.9. The third kappa shape index (κ3) is 6.06. The fourth-order valence-corrected chi connectivity index (χ4v) is 4.71. The number of carbonyl (C=O) groups is 1. The summed E-state index contributed by atoms with van der Waals surface area (Å²) in [6, 6.07) is 23.9. The number of halogens is 1. The van der Waals surface area contributed by atoms with Crippen molar-refractivity contribution in [3.63, 3.8) is 0 Å². The zero-order chi connectivity index (χ0) is 27.2. The monoisotopic (exact) mass is 531 g/mol. The highest BCUT2D eigenvalue weighted by Gasteiger charge is 2.34. The van der Waals surface area contributed by atoms with E-state index in [1.807, 2.05) is 80.3 Å². The Bertz CT molecular complexity index is 1410. The lowest BCUT2D eigenvalue weighted by atomic mass is 9.99. The quantitative estimate of drug-likeness (QED) is 0.303. The van der Waals surface area contributed by atoms with Crippen LogP contribution < -0.4 is 11.4 Å². The van der Waals surface area contributed by atoms with Crippen LogP contribution in [0.25, 0.3) is 5.69 Å². The number of nitrogens with zero attached hydrogens (tertiary/aromatic N) is 4. The number of carbonyl (C=O) groups excluding carboxylic acids is 1. The molecule has 8 heteroatoms. The molecule has 38 heavy (non-hydrogen) atoms. The lowest BCUT2D eigenvalue weighted by molar-refractivity contribution is 0.0603. The number of hydrogen-bond acceptors (Lipinski definition) is 4. The summed E-state index contributed by atoms with van der Waals surface area (Å²) < 4.78 is 3.06. The lowest BCUT2D eigenvalue weighted by Crippen LogP contribution is -2.40. The van der Waals surface area contributed by atoms with E-state index in [4.69, 9.17) is 22.4 Å². The normalized spacial score (nSPS) is 12.1. The Kier molecular flexibility index (Phi) is 8.81. The van der Waals surface area contributed by atoms with Crippen LogP contribution in [0.1, 0.15) is 53.6 Å². The minimum atomic E-state index is -0.458. The second-order valence-corrected chi connectivity index (χ2v) is 10.2. The standard InChI is InChI=1S/C30H34ClN5O2/c1-21(2)27(34(19-7-18-32)29(37)24-12-10-22(3)11-13-24)28-33-36(26-16-14-25(31)15-17-26)30(38)35(28)20-23-8-5-4-6-9-23/h4-6,8-17,21,27H,7,18-20,32H2,1-3H3. The molecule has 0 aliphatic heterocycles. The molecule has 0 radical (unpaired) electrons. The van der Waals surface area contributed by atoms with Crippen LogP contribution in [0.4, 0.5) is 0 Å². The molecule has 4 aromatic rings. The van der Waals surface area contributed by atoms with Gasteiger partial charge in [-0.3, -0.25) is 9.36 Å². The number of aryl methyl sites for hydroxylation is 1. The van der Waals surface area contributed by atoms with Crippen LogP contribution in [0.3, 0.4) is 0 Å². The Labute approximate surface area is 228 Å². The van der Waals surface area contributed by atoms with Crippen LogP contribution in [0, 0.1) is 12.8 Å². The van der Waals surface area contributed by atoms with Crippen LogP contribution in [-0.2, 0) is 6.54 Å². The first-order chi connectivity index (χ1) is 18.3. The van der Waals surface area contributed by atoms with Gasteiger partial charge >= 0.3 is 5.69 Å². The van der Waals surface area contributed by atoms with Gasteiger partial charge in [-0.05, 0) is 67.8 Å². The molecule has 1 atom stereocenters. The number of rotatable bonds is 10. The van der Waals surface area contributed by atoms with Gasteiger partial charge in [0.25, 0.3) is 5.91 Å². The summed E-state index contributed by atoms with van der Waals surface area (Å²) in [5.41, 5.74) is 8.83. The molecule has 2 N–H and O–H groups in total. The van der Waals surface area contributed by atoms with E-state index in [1.165, 1.54) is 4.68 Å². The second-order valence-electron chi connectivity index (χ2n) is 9.80.